The predicted molar refractivity (Wildman–Crippen MR) is 78.5 cm³/mol. The topological polar surface area (TPSA) is 68.1 Å². The van der Waals surface area contributed by atoms with E-state index in [9.17, 15) is 26.0 Å². The van der Waals surface area contributed by atoms with Crippen molar-refractivity contribution >= 4 is 10.0 Å². The highest BCUT2D eigenvalue weighted by molar-refractivity contribution is 7.89. The fourth-order valence-electron chi connectivity index (χ4n) is 2.77. The average molecular weight is 378 g/mol. The molecule has 1 aromatic heterocycles. The molecular weight excluding hydrogens is 364 g/mol. The van der Waals surface area contributed by atoms with Crippen molar-refractivity contribution < 1.29 is 26.0 Å². The molecular formula is C14H14F4N4O2S. The van der Waals surface area contributed by atoms with Gasteiger partial charge in [0.25, 0.3) is 0 Å². The molecule has 1 aromatic carbocycles. The van der Waals surface area contributed by atoms with Gasteiger partial charge in [0.1, 0.15) is 23.4 Å². The third-order valence-corrected chi connectivity index (χ3v) is 6.02. The summed E-state index contributed by atoms with van der Waals surface area (Å²) in [7, 11) is -4.35. The van der Waals surface area contributed by atoms with Gasteiger partial charge in [0.15, 0.2) is 0 Å². The molecule has 25 heavy (non-hydrogen) atoms. The van der Waals surface area contributed by atoms with Crippen LogP contribution in [-0.2, 0) is 16.2 Å². The first-order valence-electron chi connectivity index (χ1n) is 7.40. The fraction of sp³-hybridized carbons (Fsp3) is 0.429. The zero-order valence-corrected chi connectivity index (χ0v) is 13.6. The summed E-state index contributed by atoms with van der Waals surface area (Å²) in [6, 6.07) is 1.33. The normalized spacial score (nSPS) is 17.8. The smallest absolute Gasteiger partial charge is 0.250 e. The van der Waals surface area contributed by atoms with Gasteiger partial charge in [-0.1, -0.05) is 0 Å². The van der Waals surface area contributed by atoms with E-state index in [4.69, 9.17) is 0 Å². The number of benzene rings is 1. The molecule has 2 heterocycles. The Hall–Kier alpha value is -2.01. The average Bonchev–Trinajstić information content (AvgIpc) is 3.08. The maximum absolute atomic E-state index is 13.9. The number of sulfonamides is 1. The first-order valence-corrected chi connectivity index (χ1v) is 8.84. The summed E-state index contributed by atoms with van der Waals surface area (Å²) in [6.07, 6.45) is -1.06. The summed E-state index contributed by atoms with van der Waals surface area (Å²) in [5.74, 6) is -1.20. The fourth-order valence-corrected chi connectivity index (χ4v) is 4.33. The highest BCUT2D eigenvalue weighted by Gasteiger charge is 2.36. The van der Waals surface area contributed by atoms with Gasteiger partial charge in [0.05, 0.1) is 11.6 Å². The van der Waals surface area contributed by atoms with Crippen LogP contribution in [0.15, 0.2) is 35.7 Å². The second-order valence-electron chi connectivity index (χ2n) is 5.65. The van der Waals surface area contributed by atoms with Crippen LogP contribution in [0.4, 0.5) is 17.6 Å². The zero-order valence-electron chi connectivity index (χ0n) is 12.8. The number of halogens is 4. The SMILES string of the molecule is O=S(=O)(c1cc(C(F)(F)F)ccc1F)N1CCC(n2cncn2)CC1. The van der Waals surface area contributed by atoms with Gasteiger partial charge in [-0.15, -0.1) is 0 Å². The Labute approximate surface area is 141 Å². The van der Waals surface area contributed by atoms with Crippen LogP contribution >= 0.6 is 0 Å². The molecule has 1 saturated heterocycles. The number of piperidine rings is 1. The van der Waals surface area contributed by atoms with E-state index < -0.39 is 32.5 Å². The van der Waals surface area contributed by atoms with Gasteiger partial charge in [-0.05, 0) is 31.0 Å². The van der Waals surface area contributed by atoms with E-state index >= 15 is 0 Å². The quantitative estimate of drug-likeness (QED) is 0.770. The molecule has 0 bridgehead atoms. The summed E-state index contributed by atoms with van der Waals surface area (Å²) in [5.41, 5.74) is -1.20. The van der Waals surface area contributed by atoms with Gasteiger partial charge < -0.3 is 0 Å². The standard InChI is InChI=1S/C14H14F4N4O2S/c15-12-2-1-10(14(16,17)18)7-13(12)25(23,24)21-5-3-11(4-6-21)22-9-19-8-20-22/h1-2,7-9,11H,3-6H2. The molecule has 11 heteroatoms. The lowest BCUT2D eigenvalue weighted by molar-refractivity contribution is -0.137. The van der Waals surface area contributed by atoms with Crippen molar-refractivity contribution in [1.29, 1.82) is 0 Å². The number of rotatable bonds is 3. The highest BCUT2D eigenvalue weighted by Crippen LogP contribution is 2.33. The second-order valence-corrected chi connectivity index (χ2v) is 7.56. The molecule has 6 nitrogen and oxygen atoms in total. The van der Waals surface area contributed by atoms with E-state index in [2.05, 4.69) is 10.1 Å². The van der Waals surface area contributed by atoms with E-state index in [1.165, 1.54) is 12.7 Å². The summed E-state index contributed by atoms with van der Waals surface area (Å²) < 4.78 is 80.0. The highest BCUT2D eigenvalue weighted by atomic mass is 32.2. The Morgan fingerprint density at radius 1 is 1.16 bits per heavy atom. The third kappa shape index (κ3) is 3.52. The number of nitrogens with zero attached hydrogens (tertiary/aromatic N) is 4. The Morgan fingerprint density at radius 3 is 2.40 bits per heavy atom. The maximum Gasteiger partial charge on any atom is 0.416 e. The van der Waals surface area contributed by atoms with Crippen LogP contribution in [0.2, 0.25) is 0 Å². The Balaban J connectivity index is 1.83. The van der Waals surface area contributed by atoms with E-state index in [1.54, 1.807) is 4.68 Å². The molecule has 0 atom stereocenters. The van der Waals surface area contributed by atoms with Gasteiger partial charge >= 0.3 is 6.18 Å². The lowest BCUT2D eigenvalue weighted by Gasteiger charge is -2.31. The summed E-state index contributed by atoms with van der Waals surface area (Å²) in [4.78, 5) is 2.86. The number of aromatic nitrogens is 3. The number of hydrogen-bond donors (Lipinski definition) is 0. The molecule has 0 amide bonds. The monoisotopic (exact) mass is 378 g/mol. The van der Waals surface area contributed by atoms with Crippen LogP contribution in [-0.4, -0.2) is 40.6 Å². The molecule has 0 unspecified atom stereocenters. The molecule has 1 fully saturated rings. The lowest BCUT2D eigenvalue weighted by atomic mass is 10.1. The van der Waals surface area contributed by atoms with Crippen molar-refractivity contribution in [2.45, 2.75) is 30.0 Å². The maximum atomic E-state index is 13.9. The molecule has 2 aromatic rings. The van der Waals surface area contributed by atoms with Crippen LogP contribution < -0.4 is 0 Å². The van der Waals surface area contributed by atoms with Crippen LogP contribution in [0.5, 0.6) is 0 Å². The molecule has 1 aliphatic heterocycles. The van der Waals surface area contributed by atoms with Gasteiger partial charge in [-0.25, -0.2) is 22.5 Å². The van der Waals surface area contributed by atoms with Crippen molar-refractivity contribution in [2.24, 2.45) is 0 Å². The first-order chi connectivity index (χ1) is 11.7. The molecule has 0 aliphatic carbocycles. The molecule has 1 aliphatic rings. The predicted octanol–water partition coefficient (Wildman–Crippen LogP) is 2.46. The van der Waals surface area contributed by atoms with Crippen LogP contribution in [0.3, 0.4) is 0 Å². The van der Waals surface area contributed by atoms with Gasteiger partial charge in [0, 0.05) is 13.1 Å². The minimum atomic E-state index is -4.75. The van der Waals surface area contributed by atoms with Crippen LogP contribution in [0.25, 0.3) is 0 Å². The van der Waals surface area contributed by atoms with Crippen molar-refractivity contribution in [3.05, 3.63) is 42.2 Å². The van der Waals surface area contributed by atoms with E-state index in [1.807, 2.05) is 0 Å². The molecule has 136 valence electrons. The van der Waals surface area contributed by atoms with Crippen LogP contribution in [0.1, 0.15) is 24.4 Å². The van der Waals surface area contributed by atoms with Crippen molar-refractivity contribution in [3.63, 3.8) is 0 Å². The second kappa shape index (κ2) is 6.37. The van der Waals surface area contributed by atoms with E-state index in [0.717, 1.165) is 4.31 Å². The largest absolute Gasteiger partial charge is 0.416 e. The van der Waals surface area contributed by atoms with E-state index in [0.29, 0.717) is 31.0 Å². The molecule has 0 saturated carbocycles. The van der Waals surface area contributed by atoms with Crippen molar-refractivity contribution in [2.75, 3.05) is 13.1 Å². The summed E-state index contributed by atoms with van der Waals surface area (Å²) in [6.45, 7) is 0.116. The molecule has 3 rings (SSSR count). The minimum absolute atomic E-state index is 0.0553. The summed E-state index contributed by atoms with van der Waals surface area (Å²) >= 11 is 0. The van der Waals surface area contributed by atoms with Crippen molar-refractivity contribution in [3.8, 4) is 0 Å². The Kier molecular flexibility index (Phi) is 4.54. The van der Waals surface area contributed by atoms with Crippen molar-refractivity contribution in [1.82, 2.24) is 19.1 Å². The Bertz CT molecular complexity index is 844. The number of alkyl halides is 3. The lowest BCUT2D eigenvalue weighted by Crippen LogP contribution is -2.39. The Morgan fingerprint density at radius 2 is 1.84 bits per heavy atom. The van der Waals surface area contributed by atoms with Gasteiger partial charge in [0.2, 0.25) is 10.0 Å². The van der Waals surface area contributed by atoms with E-state index in [-0.39, 0.29) is 19.1 Å². The zero-order chi connectivity index (χ0) is 18.2. The van der Waals surface area contributed by atoms with Crippen LogP contribution in [0, 0.1) is 5.82 Å². The number of hydrogen-bond acceptors (Lipinski definition) is 4. The van der Waals surface area contributed by atoms with Gasteiger partial charge in [-0.2, -0.15) is 22.6 Å². The molecule has 0 spiro atoms. The first kappa shape index (κ1) is 17.8. The third-order valence-electron chi connectivity index (χ3n) is 4.11. The molecule has 0 radical (unpaired) electrons. The molecule has 0 N–H and O–H groups in total. The summed E-state index contributed by atoms with van der Waals surface area (Å²) in [5, 5.41) is 3.99. The minimum Gasteiger partial charge on any atom is -0.250 e. The van der Waals surface area contributed by atoms with Gasteiger partial charge in [-0.3, -0.25) is 0 Å².